The van der Waals surface area contributed by atoms with Crippen LogP contribution in [0.1, 0.15) is 11.0 Å². The quantitative estimate of drug-likeness (QED) is 0.778. The lowest BCUT2D eigenvalue weighted by Crippen LogP contribution is -2.32. The maximum absolute atomic E-state index is 12.0. The van der Waals surface area contributed by atoms with Crippen LogP contribution in [-0.4, -0.2) is 26.8 Å². The lowest BCUT2D eigenvalue weighted by atomic mass is 10.3. The summed E-state index contributed by atoms with van der Waals surface area (Å²) in [6.07, 6.45) is -0.264. The number of ether oxygens (including phenoxy) is 2. The van der Waals surface area contributed by atoms with E-state index in [0.717, 1.165) is 4.88 Å². The second kappa shape index (κ2) is 8.40. The maximum Gasteiger partial charge on any atom is 0.319 e. The van der Waals surface area contributed by atoms with E-state index < -0.39 is 0 Å². The predicted octanol–water partition coefficient (Wildman–Crippen LogP) is 4.57. The molecule has 2 N–H and O–H groups in total. The van der Waals surface area contributed by atoms with E-state index in [4.69, 9.17) is 32.7 Å². The van der Waals surface area contributed by atoms with E-state index in [-0.39, 0.29) is 12.1 Å². The molecule has 2 amide bonds. The van der Waals surface area contributed by atoms with E-state index in [1.165, 1.54) is 18.4 Å². The molecule has 8 heteroatoms. The fraction of sp³-hybridized carbons (Fsp3) is 0.267. The molecule has 124 valence electrons. The monoisotopic (exact) mass is 374 g/mol. The molecule has 23 heavy (non-hydrogen) atoms. The van der Waals surface area contributed by atoms with E-state index in [2.05, 4.69) is 10.6 Å². The Hall–Kier alpha value is -1.47. The van der Waals surface area contributed by atoms with Gasteiger partial charge in [0.05, 0.1) is 23.7 Å². The van der Waals surface area contributed by atoms with Gasteiger partial charge >= 0.3 is 6.03 Å². The zero-order valence-corrected chi connectivity index (χ0v) is 14.9. The maximum atomic E-state index is 12.0. The van der Waals surface area contributed by atoms with Crippen molar-refractivity contribution < 1.29 is 14.3 Å². The normalized spacial score (nSPS) is 11.8. The highest BCUT2D eigenvalue weighted by molar-refractivity contribution is 7.16. The largest absolute Gasteiger partial charge is 0.495 e. The van der Waals surface area contributed by atoms with Crippen molar-refractivity contribution in [2.75, 3.05) is 26.1 Å². The lowest BCUT2D eigenvalue weighted by Gasteiger charge is -2.16. The predicted molar refractivity (Wildman–Crippen MR) is 94.1 cm³/mol. The van der Waals surface area contributed by atoms with Gasteiger partial charge in [-0.05, 0) is 30.3 Å². The Morgan fingerprint density at radius 1 is 1.26 bits per heavy atom. The summed E-state index contributed by atoms with van der Waals surface area (Å²) in [6, 6.07) is 8.28. The zero-order chi connectivity index (χ0) is 16.8. The number of methoxy groups -OCH3 is 2. The summed E-state index contributed by atoms with van der Waals surface area (Å²) in [5, 5.41) is 5.96. The molecule has 0 aliphatic carbocycles. The molecule has 1 aromatic carbocycles. The molecule has 1 unspecified atom stereocenters. The fourth-order valence-corrected chi connectivity index (χ4v) is 3.24. The van der Waals surface area contributed by atoms with Crippen LogP contribution in [0.3, 0.4) is 0 Å². The smallest absolute Gasteiger partial charge is 0.319 e. The van der Waals surface area contributed by atoms with Crippen molar-refractivity contribution in [2.24, 2.45) is 0 Å². The Labute approximate surface area is 148 Å². The minimum atomic E-state index is -0.379. The standard InChI is InChI=1S/C15H16Cl2N2O3S/c1-21-11-4-3-9(16)7-10(11)19-15(20)18-8-12(22-2)13-5-6-14(17)23-13/h3-7,12H,8H2,1-2H3,(H2,18,19,20). The number of hydrogen-bond acceptors (Lipinski definition) is 4. The summed E-state index contributed by atoms with van der Waals surface area (Å²) in [6.45, 7) is 0.308. The number of rotatable bonds is 6. The third-order valence-electron chi connectivity index (χ3n) is 3.05. The summed E-state index contributed by atoms with van der Waals surface area (Å²) in [7, 11) is 3.10. The molecule has 0 fully saturated rings. The first-order valence-corrected chi connectivity index (χ1v) is 8.27. The molecule has 0 bridgehead atoms. The van der Waals surface area contributed by atoms with Gasteiger partial charge in [0.1, 0.15) is 11.9 Å². The van der Waals surface area contributed by atoms with E-state index in [1.54, 1.807) is 31.4 Å². The van der Waals surface area contributed by atoms with Gasteiger partial charge in [-0.2, -0.15) is 0 Å². The number of benzene rings is 1. The molecule has 1 aromatic heterocycles. The molecular weight excluding hydrogens is 359 g/mol. The summed E-state index contributed by atoms with van der Waals surface area (Å²) in [5.74, 6) is 0.526. The highest BCUT2D eigenvalue weighted by Crippen LogP contribution is 2.29. The van der Waals surface area contributed by atoms with Crippen LogP contribution >= 0.6 is 34.5 Å². The van der Waals surface area contributed by atoms with Gasteiger partial charge in [0.15, 0.2) is 0 Å². The highest BCUT2D eigenvalue weighted by atomic mass is 35.5. The number of amides is 2. The Morgan fingerprint density at radius 3 is 2.65 bits per heavy atom. The highest BCUT2D eigenvalue weighted by Gasteiger charge is 2.15. The van der Waals surface area contributed by atoms with Crippen molar-refractivity contribution in [3.05, 3.63) is 44.6 Å². The summed E-state index contributed by atoms with van der Waals surface area (Å²) >= 11 is 13.3. The topological polar surface area (TPSA) is 59.6 Å². The number of anilines is 1. The first kappa shape index (κ1) is 17.9. The number of urea groups is 1. The SMILES string of the molecule is COc1ccc(Cl)cc1NC(=O)NCC(OC)c1ccc(Cl)s1. The summed E-state index contributed by atoms with van der Waals surface area (Å²) < 4.78 is 11.2. The van der Waals surface area contributed by atoms with Crippen LogP contribution in [0, 0.1) is 0 Å². The number of nitrogens with one attached hydrogen (secondary N) is 2. The third kappa shape index (κ3) is 5.00. The molecule has 2 rings (SSSR count). The van der Waals surface area contributed by atoms with Gasteiger partial charge < -0.3 is 20.1 Å². The average molecular weight is 375 g/mol. The van der Waals surface area contributed by atoms with Crippen molar-refractivity contribution in [1.29, 1.82) is 0 Å². The minimum absolute atomic E-state index is 0.264. The van der Waals surface area contributed by atoms with Crippen LogP contribution in [0.15, 0.2) is 30.3 Å². The third-order valence-corrected chi connectivity index (χ3v) is 4.61. The molecule has 0 aliphatic rings. The summed E-state index contributed by atoms with van der Waals surface area (Å²) in [5.41, 5.74) is 0.491. The molecule has 0 aliphatic heterocycles. The Morgan fingerprint density at radius 2 is 2.04 bits per heavy atom. The molecule has 0 saturated carbocycles. The van der Waals surface area contributed by atoms with Gasteiger partial charge in [-0.1, -0.05) is 23.2 Å². The summed E-state index contributed by atoms with van der Waals surface area (Å²) in [4.78, 5) is 13.0. The van der Waals surface area contributed by atoms with Gasteiger partial charge in [-0.3, -0.25) is 0 Å². The van der Waals surface area contributed by atoms with Gasteiger partial charge in [-0.25, -0.2) is 4.79 Å². The van der Waals surface area contributed by atoms with E-state index >= 15 is 0 Å². The minimum Gasteiger partial charge on any atom is -0.495 e. The van der Waals surface area contributed by atoms with Crippen LogP contribution in [0.2, 0.25) is 9.36 Å². The number of halogens is 2. The van der Waals surface area contributed by atoms with Gasteiger partial charge in [-0.15, -0.1) is 11.3 Å². The van der Waals surface area contributed by atoms with Crippen LogP contribution in [0.4, 0.5) is 10.5 Å². The molecule has 0 saturated heterocycles. The number of carbonyl (C=O) groups excluding carboxylic acids is 1. The number of carbonyl (C=O) groups is 1. The van der Waals surface area contributed by atoms with Crippen molar-refractivity contribution >= 4 is 46.3 Å². The van der Waals surface area contributed by atoms with Crippen molar-refractivity contribution in [2.45, 2.75) is 6.10 Å². The molecule has 0 spiro atoms. The van der Waals surface area contributed by atoms with Crippen LogP contribution in [-0.2, 0) is 4.74 Å². The van der Waals surface area contributed by atoms with E-state index in [1.807, 2.05) is 6.07 Å². The molecule has 5 nitrogen and oxygen atoms in total. The Kier molecular flexibility index (Phi) is 6.53. The van der Waals surface area contributed by atoms with Crippen LogP contribution < -0.4 is 15.4 Å². The van der Waals surface area contributed by atoms with Crippen LogP contribution in [0.5, 0.6) is 5.75 Å². The van der Waals surface area contributed by atoms with E-state index in [9.17, 15) is 4.79 Å². The van der Waals surface area contributed by atoms with Crippen LogP contribution in [0.25, 0.3) is 0 Å². The average Bonchev–Trinajstić information content (AvgIpc) is 2.94. The Bertz CT molecular complexity index is 678. The Balaban J connectivity index is 1.95. The molecular formula is C15H16Cl2N2O3S. The van der Waals surface area contributed by atoms with Crippen molar-refractivity contribution in [1.82, 2.24) is 5.32 Å². The second-order valence-corrected chi connectivity index (χ2v) is 6.73. The van der Waals surface area contributed by atoms with Gasteiger partial charge in [0.2, 0.25) is 0 Å². The number of thiophene rings is 1. The first-order valence-electron chi connectivity index (χ1n) is 6.70. The van der Waals surface area contributed by atoms with E-state index in [0.29, 0.717) is 27.3 Å². The second-order valence-electron chi connectivity index (χ2n) is 4.55. The zero-order valence-electron chi connectivity index (χ0n) is 12.6. The van der Waals surface area contributed by atoms with Gasteiger partial charge in [0.25, 0.3) is 0 Å². The molecule has 2 aromatic rings. The number of hydrogen-bond donors (Lipinski definition) is 2. The van der Waals surface area contributed by atoms with Crippen molar-refractivity contribution in [3.8, 4) is 5.75 Å². The first-order chi connectivity index (χ1) is 11.0. The lowest BCUT2D eigenvalue weighted by molar-refractivity contribution is 0.107. The van der Waals surface area contributed by atoms with Crippen molar-refractivity contribution in [3.63, 3.8) is 0 Å². The molecule has 1 heterocycles. The molecule has 0 radical (unpaired) electrons. The van der Waals surface area contributed by atoms with Gasteiger partial charge in [0, 0.05) is 17.0 Å². The fourth-order valence-electron chi connectivity index (χ4n) is 1.93. The molecule has 1 atom stereocenters.